The molecule has 2 unspecified atom stereocenters. The Morgan fingerprint density at radius 2 is 1.68 bits per heavy atom. The highest BCUT2D eigenvalue weighted by atomic mass is 16.5. The summed E-state index contributed by atoms with van der Waals surface area (Å²) < 4.78 is 11.5. The lowest BCUT2D eigenvalue weighted by atomic mass is 9.78. The molecule has 0 aromatic heterocycles. The van der Waals surface area contributed by atoms with Crippen LogP contribution in [0, 0.1) is 5.92 Å². The predicted octanol–water partition coefficient (Wildman–Crippen LogP) is 6.81. The maximum Gasteiger partial charge on any atom is 0.163 e. The molecule has 3 aromatic carbocycles. The van der Waals surface area contributed by atoms with Gasteiger partial charge in [-0.15, -0.1) is 0 Å². The summed E-state index contributed by atoms with van der Waals surface area (Å²) >= 11 is 0. The van der Waals surface area contributed by atoms with E-state index in [-0.39, 0.29) is 23.5 Å². The second-order valence-electron chi connectivity index (χ2n) is 10.1. The summed E-state index contributed by atoms with van der Waals surface area (Å²) in [6.07, 6.45) is 1.15. The van der Waals surface area contributed by atoms with Crippen molar-refractivity contribution in [3.63, 3.8) is 0 Å². The fraction of sp³-hybridized carbons (Fsp3) is 0.323. The molecule has 192 valence electrons. The van der Waals surface area contributed by atoms with Crippen LogP contribution in [0.5, 0.6) is 17.2 Å². The molecular weight excluding hydrogens is 464 g/mol. The number of fused-ring (bicyclic) bond motifs is 1. The number of aromatic hydroxyl groups is 1. The van der Waals surface area contributed by atoms with Crippen LogP contribution in [0.2, 0.25) is 0 Å². The molecule has 1 heterocycles. The third-order valence-electron chi connectivity index (χ3n) is 6.86. The first-order chi connectivity index (χ1) is 17.9. The SMILES string of the molecule is CCOc1cc(C2Nc3ccccc3NC3=C2C(=O)CC(c2ccc(OCC(C)C)cc2)C3)ccc1O. The number of hydrogen-bond acceptors (Lipinski definition) is 6. The molecule has 3 aromatic rings. The van der Waals surface area contributed by atoms with Crippen LogP contribution in [-0.4, -0.2) is 24.1 Å². The first kappa shape index (κ1) is 24.8. The molecule has 2 aliphatic rings. The van der Waals surface area contributed by atoms with E-state index in [2.05, 4.69) is 36.6 Å². The first-order valence-corrected chi connectivity index (χ1v) is 13.0. The van der Waals surface area contributed by atoms with E-state index in [0.29, 0.717) is 31.3 Å². The molecule has 0 bridgehead atoms. The van der Waals surface area contributed by atoms with Crippen LogP contribution < -0.4 is 20.1 Å². The fourth-order valence-corrected chi connectivity index (χ4v) is 5.06. The van der Waals surface area contributed by atoms with Crippen molar-refractivity contribution in [2.45, 2.75) is 45.6 Å². The summed E-state index contributed by atoms with van der Waals surface area (Å²) in [6, 6.07) is 21.1. The number of nitrogens with one attached hydrogen (secondary N) is 2. The van der Waals surface area contributed by atoms with Crippen molar-refractivity contribution in [3.05, 3.63) is 89.1 Å². The van der Waals surface area contributed by atoms with E-state index in [0.717, 1.165) is 45.9 Å². The highest BCUT2D eigenvalue weighted by molar-refractivity contribution is 6.01. The zero-order valence-corrected chi connectivity index (χ0v) is 21.6. The Balaban J connectivity index is 1.50. The van der Waals surface area contributed by atoms with Gasteiger partial charge in [-0.05, 0) is 72.7 Å². The van der Waals surface area contributed by atoms with E-state index in [1.54, 1.807) is 6.07 Å². The number of phenolic OH excluding ortho intramolecular Hbond substituents is 1. The van der Waals surface area contributed by atoms with Gasteiger partial charge >= 0.3 is 0 Å². The number of carbonyl (C=O) groups excluding carboxylic acids is 1. The molecule has 0 saturated heterocycles. The minimum absolute atomic E-state index is 0.0719. The standard InChI is InChI=1S/C31H34N2O4/c1-4-36-29-17-21(11-14-27(29)34)31-30-26(32-24-7-5-6-8-25(24)33-31)15-22(16-28(30)35)20-9-12-23(13-10-20)37-18-19(2)3/h5-14,17,19,22,31-34H,4,15-16,18H2,1-3H3. The normalized spacial score (nSPS) is 18.9. The van der Waals surface area contributed by atoms with Gasteiger partial charge in [-0.3, -0.25) is 4.79 Å². The Labute approximate surface area is 218 Å². The summed E-state index contributed by atoms with van der Waals surface area (Å²) in [5, 5.41) is 17.4. The molecule has 0 fully saturated rings. The van der Waals surface area contributed by atoms with Gasteiger partial charge in [0, 0.05) is 17.7 Å². The molecule has 1 aliphatic heterocycles. The summed E-state index contributed by atoms with van der Waals surface area (Å²) in [7, 11) is 0. The van der Waals surface area contributed by atoms with Crippen LogP contribution >= 0.6 is 0 Å². The van der Waals surface area contributed by atoms with Gasteiger partial charge in [0.25, 0.3) is 0 Å². The number of ether oxygens (including phenoxy) is 2. The van der Waals surface area contributed by atoms with Crippen molar-refractivity contribution in [2.24, 2.45) is 5.92 Å². The van der Waals surface area contributed by atoms with Crippen LogP contribution in [0.15, 0.2) is 78.0 Å². The van der Waals surface area contributed by atoms with E-state index >= 15 is 0 Å². The smallest absolute Gasteiger partial charge is 0.163 e. The summed E-state index contributed by atoms with van der Waals surface area (Å²) in [6.45, 7) is 7.25. The second kappa shape index (κ2) is 10.6. The molecule has 6 nitrogen and oxygen atoms in total. The monoisotopic (exact) mass is 498 g/mol. The summed E-state index contributed by atoms with van der Waals surface area (Å²) in [5.74, 6) is 1.99. The van der Waals surface area contributed by atoms with Gasteiger partial charge in [-0.1, -0.05) is 44.2 Å². The van der Waals surface area contributed by atoms with Crippen LogP contribution in [0.4, 0.5) is 11.4 Å². The van der Waals surface area contributed by atoms with Crippen molar-refractivity contribution >= 4 is 17.2 Å². The number of hydrogen-bond donors (Lipinski definition) is 3. The maximum atomic E-state index is 13.8. The third kappa shape index (κ3) is 5.29. The van der Waals surface area contributed by atoms with Crippen LogP contribution in [-0.2, 0) is 4.79 Å². The number of para-hydroxylation sites is 2. The van der Waals surface area contributed by atoms with Crippen LogP contribution in [0.25, 0.3) is 0 Å². The molecule has 37 heavy (non-hydrogen) atoms. The van der Waals surface area contributed by atoms with E-state index < -0.39 is 0 Å². The van der Waals surface area contributed by atoms with Gasteiger partial charge in [-0.25, -0.2) is 0 Å². The average Bonchev–Trinajstić information content (AvgIpc) is 3.06. The van der Waals surface area contributed by atoms with Gasteiger partial charge in [0.2, 0.25) is 0 Å². The van der Waals surface area contributed by atoms with Gasteiger partial charge < -0.3 is 25.2 Å². The van der Waals surface area contributed by atoms with Crippen molar-refractivity contribution in [3.8, 4) is 17.2 Å². The number of rotatable bonds is 7. The van der Waals surface area contributed by atoms with Gasteiger partial charge in [0.05, 0.1) is 30.6 Å². The van der Waals surface area contributed by atoms with E-state index in [4.69, 9.17) is 9.47 Å². The summed E-state index contributed by atoms with van der Waals surface area (Å²) in [5.41, 5.74) is 5.51. The number of benzene rings is 3. The van der Waals surface area contributed by atoms with E-state index in [1.807, 2.05) is 55.5 Å². The molecule has 0 saturated carbocycles. The predicted molar refractivity (Wildman–Crippen MR) is 146 cm³/mol. The minimum Gasteiger partial charge on any atom is -0.504 e. The Morgan fingerprint density at radius 1 is 0.946 bits per heavy atom. The quantitative estimate of drug-likeness (QED) is 0.332. The highest BCUT2D eigenvalue weighted by Crippen LogP contribution is 2.45. The van der Waals surface area contributed by atoms with Crippen LogP contribution in [0.1, 0.15) is 56.7 Å². The molecule has 1 aliphatic carbocycles. The Hall–Kier alpha value is -3.93. The number of Topliss-reactive ketones (excluding diaryl/α,β-unsaturated/α-hetero) is 1. The Morgan fingerprint density at radius 3 is 2.41 bits per heavy atom. The maximum absolute atomic E-state index is 13.8. The molecule has 2 atom stereocenters. The van der Waals surface area contributed by atoms with Crippen LogP contribution in [0.3, 0.4) is 0 Å². The second-order valence-corrected chi connectivity index (χ2v) is 10.1. The minimum atomic E-state index is -0.369. The number of allylic oxidation sites excluding steroid dienone is 1. The van der Waals surface area contributed by atoms with E-state index in [9.17, 15) is 9.90 Å². The average molecular weight is 499 g/mol. The largest absolute Gasteiger partial charge is 0.504 e. The molecule has 3 N–H and O–H groups in total. The number of anilines is 2. The van der Waals surface area contributed by atoms with Gasteiger partial charge in [0.15, 0.2) is 17.3 Å². The van der Waals surface area contributed by atoms with Gasteiger partial charge in [0.1, 0.15) is 5.75 Å². The third-order valence-corrected chi connectivity index (χ3v) is 6.86. The molecule has 0 amide bonds. The number of ketones is 1. The lowest BCUT2D eigenvalue weighted by Crippen LogP contribution is -2.26. The summed E-state index contributed by atoms with van der Waals surface area (Å²) in [4.78, 5) is 13.8. The topological polar surface area (TPSA) is 79.8 Å². The first-order valence-electron chi connectivity index (χ1n) is 13.0. The number of phenols is 1. The fourth-order valence-electron chi connectivity index (χ4n) is 5.06. The van der Waals surface area contributed by atoms with Crippen molar-refractivity contribution < 1.29 is 19.4 Å². The van der Waals surface area contributed by atoms with Gasteiger partial charge in [-0.2, -0.15) is 0 Å². The molecular formula is C31H34N2O4. The molecule has 0 radical (unpaired) electrons. The molecule has 5 rings (SSSR count). The lowest BCUT2D eigenvalue weighted by Gasteiger charge is -2.30. The van der Waals surface area contributed by atoms with Crippen molar-refractivity contribution in [1.29, 1.82) is 0 Å². The van der Waals surface area contributed by atoms with E-state index in [1.165, 1.54) is 0 Å². The Kier molecular flexibility index (Phi) is 7.08. The lowest BCUT2D eigenvalue weighted by molar-refractivity contribution is -0.116. The van der Waals surface area contributed by atoms with Crippen molar-refractivity contribution in [2.75, 3.05) is 23.8 Å². The zero-order chi connectivity index (χ0) is 25.9. The highest BCUT2D eigenvalue weighted by Gasteiger charge is 2.36. The molecule has 0 spiro atoms. The number of carbonyl (C=O) groups is 1. The van der Waals surface area contributed by atoms with Crippen molar-refractivity contribution in [1.82, 2.24) is 0 Å². The Bertz CT molecular complexity index is 1310. The molecule has 6 heteroatoms. The zero-order valence-electron chi connectivity index (χ0n) is 21.6.